The zero-order valence-corrected chi connectivity index (χ0v) is 7.22. The van der Waals surface area contributed by atoms with Gasteiger partial charge in [0.2, 0.25) is 5.91 Å². The van der Waals surface area contributed by atoms with Crippen LogP contribution in [0.15, 0.2) is 18.2 Å². The second kappa shape index (κ2) is 3.45. The van der Waals surface area contributed by atoms with Crippen molar-refractivity contribution in [2.24, 2.45) is 0 Å². The predicted octanol–water partition coefficient (Wildman–Crippen LogP) is 2.00. The molecule has 0 bridgehead atoms. The highest BCUT2D eigenvalue weighted by atomic mass is 35.5. The number of phenolic OH excluding ortho intramolecular Hbond substituents is 1. The Bertz CT molecular complexity index is 292. The monoisotopic (exact) mass is 185 g/mol. The molecule has 0 unspecified atom stereocenters. The maximum Gasteiger partial charge on any atom is 0.221 e. The number of nitrogens with one attached hydrogen (secondary N) is 1. The third-order valence-corrected chi connectivity index (χ3v) is 1.61. The highest BCUT2D eigenvalue weighted by Gasteiger charge is 2.05. The number of phenols is 1. The summed E-state index contributed by atoms with van der Waals surface area (Å²) in [6.07, 6.45) is 0. The topological polar surface area (TPSA) is 49.3 Å². The van der Waals surface area contributed by atoms with E-state index >= 15 is 0 Å². The van der Waals surface area contributed by atoms with E-state index in [0.29, 0.717) is 5.02 Å². The van der Waals surface area contributed by atoms with Gasteiger partial charge >= 0.3 is 0 Å². The molecule has 0 aliphatic rings. The maximum atomic E-state index is 10.6. The largest absolute Gasteiger partial charge is 0.506 e. The molecule has 2 N–H and O–H groups in total. The van der Waals surface area contributed by atoms with Crippen molar-refractivity contribution in [2.45, 2.75) is 6.92 Å². The number of carbonyl (C=O) groups excluding carboxylic acids is 1. The van der Waals surface area contributed by atoms with Crippen molar-refractivity contribution in [2.75, 3.05) is 5.32 Å². The number of hydrogen-bond donors (Lipinski definition) is 2. The molecule has 0 aliphatic carbocycles. The van der Waals surface area contributed by atoms with Crippen molar-refractivity contribution < 1.29 is 9.90 Å². The van der Waals surface area contributed by atoms with Crippen molar-refractivity contribution in [1.82, 2.24) is 0 Å². The molecule has 0 saturated heterocycles. The SMILES string of the molecule is CC(=O)Nc1c(O)cccc1Cl. The van der Waals surface area contributed by atoms with Gasteiger partial charge in [-0.1, -0.05) is 17.7 Å². The summed E-state index contributed by atoms with van der Waals surface area (Å²) in [5.74, 6) is -0.295. The Morgan fingerprint density at radius 1 is 1.58 bits per heavy atom. The van der Waals surface area contributed by atoms with E-state index in [-0.39, 0.29) is 17.3 Å². The average molecular weight is 186 g/mol. The lowest BCUT2D eigenvalue weighted by Crippen LogP contribution is -2.06. The zero-order chi connectivity index (χ0) is 9.14. The molecule has 3 nitrogen and oxygen atoms in total. The zero-order valence-electron chi connectivity index (χ0n) is 6.47. The molecule has 0 spiro atoms. The van der Waals surface area contributed by atoms with Crippen LogP contribution in [-0.2, 0) is 4.79 Å². The number of aromatic hydroxyl groups is 1. The Labute approximate surface area is 75.0 Å². The van der Waals surface area contributed by atoms with Gasteiger partial charge in [0, 0.05) is 6.92 Å². The van der Waals surface area contributed by atoms with Crippen LogP contribution >= 0.6 is 11.6 Å². The molecule has 0 heterocycles. The molecule has 0 aliphatic heterocycles. The first kappa shape index (κ1) is 8.87. The first-order valence-corrected chi connectivity index (χ1v) is 3.74. The molecule has 0 radical (unpaired) electrons. The number of anilines is 1. The summed E-state index contributed by atoms with van der Waals surface area (Å²) >= 11 is 5.70. The highest BCUT2D eigenvalue weighted by molar-refractivity contribution is 6.34. The normalized spacial score (nSPS) is 9.50. The summed E-state index contributed by atoms with van der Waals surface area (Å²) in [4.78, 5) is 10.6. The van der Waals surface area contributed by atoms with Gasteiger partial charge in [-0.2, -0.15) is 0 Å². The minimum atomic E-state index is -0.265. The summed E-state index contributed by atoms with van der Waals surface area (Å²) in [5.41, 5.74) is 0.256. The van der Waals surface area contributed by atoms with E-state index in [1.54, 1.807) is 12.1 Å². The quantitative estimate of drug-likeness (QED) is 0.658. The minimum Gasteiger partial charge on any atom is -0.506 e. The van der Waals surface area contributed by atoms with E-state index in [9.17, 15) is 9.90 Å². The lowest BCUT2D eigenvalue weighted by atomic mass is 10.3. The second-order valence-corrected chi connectivity index (χ2v) is 2.72. The van der Waals surface area contributed by atoms with Crippen LogP contribution in [0.5, 0.6) is 5.75 Å². The van der Waals surface area contributed by atoms with Crippen LogP contribution in [0.2, 0.25) is 5.02 Å². The Morgan fingerprint density at radius 3 is 2.75 bits per heavy atom. The number of para-hydroxylation sites is 1. The first-order chi connectivity index (χ1) is 5.61. The van der Waals surface area contributed by atoms with E-state index in [1.165, 1.54) is 13.0 Å². The molecule has 4 heteroatoms. The fraction of sp³-hybridized carbons (Fsp3) is 0.125. The smallest absolute Gasteiger partial charge is 0.221 e. The van der Waals surface area contributed by atoms with Crippen molar-refractivity contribution in [3.05, 3.63) is 23.2 Å². The molecular formula is C8H8ClNO2. The van der Waals surface area contributed by atoms with Gasteiger partial charge in [-0.15, -0.1) is 0 Å². The third-order valence-electron chi connectivity index (χ3n) is 1.29. The number of carbonyl (C=O) groups is 1. The molecule has 64 valence electrons. The second-order valence-electron chi connectivity index (χ2n) is 2.32. The van der Waals surface area contributed by atoms with Gasteiger partial charge < -0.3 is 10.4 Å². The first-order valence-electron chi connectivity index (χ1n) is 3.36. The standard InChI is InChI=1S/C8H8ClNO2/c1-5(11)10-8-6(9)3-2-4-7(8)12/h2-4,12H,1H3,(H,10,11). The Hall–Kier alpha value is -1.22. The number of hydrogen-bond acceptors (Lipinski definition) is 2. The van der Waals surface area contributed by atoms with E-state index in [1.807, 2.05) is 0 Å². The summed E-state index contributed by atoms with van der Waals surface area (Å²) in [6, 6.07) is 4.65. The molecular weight excluding hydrogens is 178 g/mol. The van der Waals surface area contributed by atoms with Crippen molar-refractivity contribution in [3.63, 3.8) is 0 Å². The van der Waals surface area contributed by atoms with Crippen LogP contribution in [0, 0.1) is 0 Å². The van der Waals surface area contributed by atoms with Crippen LogP contribution in [-0.4, -0.2) is 11.0 Å². The van der Waals surface area contributed by atoms with Crippen molar-refractivity contribution in [3.8, 4) is 5.75 Å². The van der Waals surface area contributed by atoms with Crippen LogP contribution < -0.4 is 5.32 Å². The van der Waals surface area contributed by atoms with Gasteiger partial charge in [-0.25, -0.2) is 0 Å². The fourth-order valence-corrected chi connectivity index (χ4v) is 1.03. The van der Waals surface area contributed by atoms with Gasteiger partial charge in [-0.3, -0.25) is 4.79 Å². The van der Waals surface area contributed by atoms with E-state index in [0.717, 1.165) is 0 Å². The Morgan fingerprint density at radius 2 is 2.25 bits per heavy atom. The average Bonchev–Trinajstić information content (AvgIpc) is 1.97. The minimum absolute atomic E-state index is 0.0299. The molecule has 12 heavy (non-hydrogen) atoms. The lowest BCUT2D eigenvalue weighted by Gasteiger charge is -2.05. The molecule has 1 aromatic carbocycles. The van der Waals surface area contributed by atoms with E-state index < -0.39 is 0 Å². The van der Waals surface area contributed by atoms with Gasteiger partial charge in [-0.05, 0) is 12.1 Å². The third kappa shape index (κ3) is 1.89. The summed E-state index contributed by atoms with van der Waals surface area (Å²) in [6.45, 7) is 1.35. The van der Waals surface area contributed by atoms with Gasteiger partial charge in [0.05, 0.1) is 5.02 Å². The molecule has 1 aromatic rings. The van der Waals surface area contributed by atoms with Crippen LogP contribution in [0.25, 0.3) is 0 Å². The summed E-state index contributed by atoms with van der Waals surface area (Å²) < 4.78 is 0. The fourth-order valence-electron chi connectivity index (χ4n) is 0.813. The van der Waals surface area contributed by atoms with Crippen LogP contribution in [0.4, 0.5) is 5.69 Å². The molecule has 0 aromatic heterocycles. The van der Waals surface area contributed by atoms with Crippen LogP contribution in [0.3, 0.4) is 0 Å². The number of halogens is 1. The van der Waals surface area contributed by atoms with E-state index in [4.69, 9.17) is 11.6 Å². The molecule has 0 fully saturated rings. The maximum absolute atomic E-state index is 10.6. The molecule has 0 atom stereocenters. The number of rotatable bonds is 1. The van der Waals surface area contributed by atoms with E-state index in [2.05, 4.69) is 5.32 Å². The van der Waals surface area contributed by atoms with Crippen molar-refractivity contribution in [1.29, 1.82) is 0 Å². The molecule has 1 rings (SSSR count). The Kier molecular flexibility index (Phi) is 2.55. The van der Waals surface area contributed by atoms with Crippen molar-refractivity contribution >= 4 is 23.2 Å². The number of benzene rings is 1. The lowest BCUT2D eigenvalue weighted by molar-refractivity contribution is -0.114. The Balaban J connectivity index is 3.04. The summed E-state index contributed by atoms with van der Waals surface area (Å²) in [7, 11) is 0. The van der Waals surface area contributed by atoms with Gasteiger partial charge in [0.1, 0.15) is 11.4 Å². The van der Waals surface area contributed by atoms with Crippen LogP contribution in [0.1, 0.15) is 6.92 Å². The summed E-state index contributed by atoms with van der Waals surface area (Å²) in [5, 5.41) is 12.0. The highest BCUT2D eigenvalue weighted by Crippen LogP contribution is 2.30. The number of amides is 1. The molecule has 1 amide bonds. The predicted molar refractivity (Wildman–Crippen MR) is 47.4 cm³/mol. The van der Waals surface area contributed by atoms with Gasteiger partial charge in [0.15, 0.2) is 0 Å². The molecule has 0 saturated carbocycles. The van der Waals surface area contributed by atoms with Gasteiger partial charge in [0.25, 0.3) is 0 Å².